The molecule has 2 heterocycles. The summed E-state index contributed by atoms with van der Waals surface area (Å²) in [7, 11) is 0. The van der Waals surface area contributed by atoms with Crippen molar-refractivity contribution in [1.29, 1.82) is 0 Å². The second-order valence-corrected chi connectivity index (χ2v) is 10.4. The second kappa shape index (κ2) is 8.53. The molecule has 4 nitrogen and oxygen atoms in total. The minimum absolute atomic E-state index is 0.177. The van der Waals surface area contributed by atoms with Gasteiger partial charge >= 0.3 is 0 Å². The van der Waals surface area contributed by atoms with Crippen LogP contribution in [0.25, 0.3) is 0 Å². The third kappa shape index (κ3) is 3.88. The number of aliphatic hydroxyl groups excluding tert-OH is 1. The summed E-state index contributed by atoms with van der Waals surface area (Å²) in [4.78, 5) is 15.6. The molecular formula is C26H37NO3. The molecule has 1 aromatic rings. The van der Waals surface area contributed by atoms with Crippen molar-refractivity contribution in [2.45, 2.75) is 82.6 Å². The number of benzene rings is 1. The maximum absolute atomic E-state index is 13.5. The molecule has 4 aliphatic rings. The number of piperidine rings is 1. The lowest BCUT2D eigenvalue weighted by molar-refractivity contribution is -0.139. The Morgan fingerprint density at radius 2 is 2.00 bits per heavy atom. The Kier molecular flexibility index (Phi) is 5.79. The summed E-state index contributed by atoms with van der Waals surface area (Å²) in [5, 5.41) is 9.61. The molecule has 30 heavy (non-hydrogen) atoms. The zero-order chi connectivity index (χ0) is 20.7. The summed E-state index contributed by atoms with van der Waals surface area (Å²) in [5.74, 6) is 4.07. The van der Waals surface area contributed by atoms with Crippen molar-refractivity contribution in [1.82, 2.24) is 4.90 Å². The van der Waals surface area contributed by atoms with Gasteiger partial charge in [-0.3, -0.25) is 4.79 Å². The van der Waals surface area contributed by atoms with Crippen LogP contribution in [-0.4, -0.2) is 41.7 Å². The molecule has 1 amide bonds. The fraction of sp³-hybridized carbons (Fsp3) is 0.731. The van der Waals surface area contributed by atoms with E-state index in [1.54, 1.807) is 0 Å². The summed E-state index contributed by atoms with van der Waals surface area (Å²) in [5.41, 5.74) is 2.86. The van der Waals surface area contributed by atoms with E-state index in [0.29, 0.717) is 36.7 Å². The van der Waals surface area contributed by atoms with E-state index in [9.17, 15) is 9.90 Å². The number of hydrogen-bond donors (Lipinski definition) is 1. The topological polar surface area (TPSA) is 49.8 Å². The lowest BCUT2D eigenvalue weighted by atomic mass is 9.72. The summed E-state index contributed by atoms with van der Waals surface area (Å²) in [6.07, 6.45) is 10.2. The van der Waals surface area contributed by atoms with Crippen LogP contribution in [0.1, 0.15) is 87.7 Å². The number of carbonyl (C=O) groups is 1. The van der Waals surface area contributed by atoms with Crippen molar-refractivity contribution < 1.29 is 14.6 Å². The number of carbonyl (C=O) groups excluding carboxylic acids is 1. The van der Waals surface area contributed by atoms with Crippen molar-refractivity contribution in [3.05, 3.63) is 29.3 Å². The fourth-order valence-electron chi connectivity index (χ4n) is 6.52. The lowest BCUT2D eigenvalue weighted by Gasteiger charge is -2.46. The average Bonchev–Trinajstić information content (AvgIpc) is 3.51. The summed E-state index contributed by atoms with van der Waals surface area (Å²) in [6.45, 7) is 4.03. The van der Waals surface area contributed by atoms with Crippen molar-refractivity contribution >= 4 is 5.91 Å². The highest BCUT2D eigenvalue weighted by atomic mass is 16.5. The van der Waals surface area contributed by atoms with Gasteiger partial charge in [0, 0.05) is 37.1 Å². The van der Waals surface area contributed by atoms with Crippen LogP contribution in [0.3, 0.4) is 0 Å². The highest BCUT2D eigenvalue weighted by molar-refractivity contribution is 5.77. The van der Waals surface area contributed by atoms with Gasteiger partial charge in [-0.1, -0.05) is 38.3 Å². The molecule has 1 saturated heterocycles. The van der Waals surface area contributed by atoms with E-state index < -0.39 is 0 Å². The Bertz CT molecular complexity index is 774. The van der Waals surface area contributed by atoms with E-state index in [1.165, 1.54) is 49.7 Å². The van der Waals surface area contributed by atoms with Crippen LogP contribution in [0.5, 0.6) is 5.75 Å². The number of aliphatic hydroxyl groups is 1. The molecule has 0 bridgehead atoms. The van der Waals surface area contributed by atoms with Crippen molar-refractivity contribution in [2.75, 3.05) is 19.8 Å². The Labute approximate surface area is 181 Å². The van der Waals surface area contributed by atoms with Crippen LogP contribution in [0.4, 0.5) is 0 Å². The number of amides is 1. The van der Waals surface area contributed by atoms with Crippen molar-refractivity contribution in [2.24, 2.45) is 17.8 Å². The normalized spacial score (nSPS) is 31.6. The predicted octanol–water partition coefficient (Wildman–Crippen LogP) is 4.86. The van der Waals surface area contributed by atoms with Gasteiger partial charge in [0.05, 0.1) is 6.61 Å². The van der Waals surface area contributed by atoms with Crippen LogP contribution in [-0.2, 0) is 4.79 Å². The molecule has 1 N–H and O–H groups in total. The molecule has 3 fully saturated rings. The Balaban J connectivity index is 1.29. The average molecular weight is 412 g/mol. The number of fused-ring (bicyclic) bond motifs is 2. The first-order chi connectivity index (χ1) is 14.7. The highest BCUT2D eigenvalue weighted by Gasteiger charge is 2.40. The van der Waals surface area contributed by atoms with Gasteiger partial charge in [0.15, 0.2) is 0 Å². The Hall–Kier alpha value is -1.55. The fourth-order valence-corrected chi connectivity index (χ4v) is 6.52. The minimum Gasteiger partial charge on any atom is -0.493 e. The zero-order valence-electron chi connectivity index (χ0n) is 18.4. The summed E-state index contributed by atoms with van der Waals surface area (Å²) in [6, 6.07) is 6.72. The number of rotatable bonds is 6. The van der Waals surface area contributed by atoms with E-state index >= 15 is 0 Å². The van der Waals surface area contributed by atoms with Crippen LogP contribution in [0.2, 0.25) is 0 Å². The van der Waals surface area contributed by atoms with Crippen molar-refractivity contribution in [3.8, 4) is 5.75 Å². The molecule has 0 radical (unpaired) electrons. The van der Waals surface area contributed by atoms with Gasteiger partial charge in [0.25, 0.3) is 0 Å². The standard InChI is InChI=1S/C26H37NO3/c1-17(23-16-30-24-8-4-7-22(26(23)24)18-9-10-18)13-25(29)27-15-20-6-3-2-5-19(20)14-21(27)11-12-28/h4,7-8,17-21,23,28H,2-3,5-6,9-16H2,1H3. The number of hydrogen-bond acceptors (Lipinski definition) is 3. The monoisotopic (exact) mass is 411 g/mol. The number of nitrogens with zero attached hydrogens (tertiary/aromatic N) is 1. The van der Waals surface area contributed by atoms with E-state index in [4.69, 9.17) is 4.74 Å². The molecular weight excluding hydrogens is 374 g/mol. The maximum atomic E-state index is 13.5. The first kappa shape index (κ1) is 20.4. The largest absolute Gasteiger partial charge is 0.493 e. The second-order valence-electron chi connectivity index (χ2n) is 10.4. The lowest BCUT2D eigenvalue weighted by Crippen LogP contribution is -2.51. The van der Waals surface area contributed by atoms with Gasteiger partial charge in [-0.25, -0.2) is 0 Å². The zero-order valence-corrected chi connectivity index (χ0v) is 18.4. The number of likely N-dealkylation sites (tertiary alicyclic amines) is 1. The summed E-state index contributed by atoms with van der Waals surface area (Å²) < 4.78 is 6.05. The Morgan fingerprint density at radius 3 is 2.77 bits per heavy atom. The third-order valence-corrected chi connectivity index (χ3v) is 8.39. The SMILES string of the molecule is CC(CC(=O)N1CC2CCCCC2CC1CCO)C1COc2cccc(C3CC3)c21. The van der Waals surface area contributed by atoms with E-state index in [0.717, 1.165) is 31.1 Å². The summed E-state index contributed by atoms with van der Waals surface area (Å²) >= 11 is 0. The van der Waals surface area contributed by atoms with E-state index in [2.05, 4.69) is 30.0 Å². The van der Waals surface area contributed by atoms with Crippen molar-refractivity contribution in [3.63, 3.8) is 0 Å². The molecule has 0 spiro atoms. The van der Waals surface area contributed by atoms with Gasteiger partial charge in [-0.05, 0) is 67.4 Å². The minimum atomic E-state index is 0.177. The van der Waals surface area contributed by atoms with Crippen LogP contribution in [0.15, 0.2) is 18.2 Å². The van der Waals surface area contributed by atoms with Crippen LogP contribution in [0, 0.1) is 17.8 Å². The third-order valence-electron chi connectivity index (χ3n) is 8.39. The Morgan fingerprint density at radius 1 is 1.20 bits per heavy atom. The predicted molar refractivity (Wildman–Crippen MR) is 118 cm³/mol. The van der Waals surface area contributed by atoms with Gasteiger partial charge < -0.3 is 14.7 Å². The number of ether oxygens (including phenoxy) is 1. The quantitative estimate of drug-likeness (QED) is 0.727. The molecule has 2 aliphatic carbocycles. The molecule has 164 valence electrons. The molecule has 5 unspecified atom stereocenters. The molecule has 5 atom stereocenters. The first-order valence-corrected chi connectivity index (χ1v) is 12.3. The molecule has 0 aromatic heterocycles. The van der Waals surface area contributed by atoms with Gasteiger partial charge in [-0.2, -0.15) is 0 Å². The highest BCUT2D eigenvalue weighted by Crippen LogP contribution is 2.50. The van der Waals surface area contributed by atoms with E-state index in [1.807, 2.05) is 0 Å². The molecule has 2 saturated carbocycles. The van der Waals surface area contributed by atoms with Crippen LogP contribution >= 0.6 is 0 Å². The maximum Gasteiger partial charge on any atom is 0.223 e. The van der Waals surface area contributed by atoms with E-state index in [-0.39, 0.29) is 18.6 Å². The van der Waals surface area contributed by atoms with Crippen LogP contribution < -0.4 is 4.74 Å². The molecule has 1 aromatic carbocycles. The molecule has 5 rings (SSSR count). The first-order valence-electron chi connectivity index (χ1n) is 12.3. The molecule has 4 heteroatoms. The van der Waals surface area contributed by atoms with Gasteiger partial charge in [0.1, 0.15) is 5.75 Å². The smallest absolute Gasteiger partial charge is 0.223 e. The van der Waals surface area contributed by atoms with Gasteiger partial charge in [-0.15, -0.1) is 0 Å². The molecule has 2 aliphatic heterocycles. The van der Waals surface area contributed by atoms with Gasteiger partial charge in [0.2, 0.25) is 5.91 Å².